The number of rotatable bonds is 2. The van der Waals surface area contributed by atoms with E-state index in [1.54, 1.807) is 0 Å². The largest absolute Gasteiger partial charge is 0.496 e. The number of hydrogen-bond donors (Lipinski definition) is 0. The van der Waals surface area contributed by atoms with E-state index in [9.17, 15) is 0 Å². The van der Waals surface area contributed by atoms with Crippen LogP contribution >= 0.6 is 0 Å². The molecule has 3 rings (SSSR count). The zero-order valence-electron chi connectivity index (χ0n) is 14.3. The van der Waals surface area contributed by atoms with Gasteiger partial charge in [0.25, 0.3) is 0 Å². The van der Waals surface area contributed by atoms with Crippen molar-refractivity contribution in [3.05, 3.63) is 23.5 Å². The van der Waals surface area contributed by atoms with Crippen molar-refractivity contribution < 1.29 is 14.0 Å². The van der Waals surface area contributed by atoms with Gasteiger partial charge >= 0.3 is 7.12 Å². The molecule has 120 valence electrons. The highest BCUT2D eigenvalue weighted by molar-refractivity contribution is 6.62. The summed E-state index contributed by atoms with van der Waals surface area (Å²) in [5.41, 5.74) is 2.57. The fourth-order valence-corrected chi connectivity index (χ4v) is 3.03. The molecule has 0 radical (unpaired) electrons. The predicted molar refractivity (Wildman–Crippen MR) is 87.5 cm³/mol. The maximum atomic E-state index is 6.13. The zero-order valence-corrected chi connectivity index (χ0v) is 14.3. The summed E-state index contributed by atoms with van der Waals surface area (Å²) < 4.78 is 17.7. The van der Waals surface area contributed by atoms with Gasteiger partial charge in [0.15, 0.2) is 0 Å². The van der Waals surface area contributed by atoms with Gasteiger partial charge in [-0.2, -0.15) is 0 Å². The molecule has 2 saturated heterocycles. The first kappa shape index (κ1) is 16.0. The molecule has 0 N–H and O–H groups in total. The van der Waals surface area contributed by atoms with Crippen LogP contribution in [0.3, 0.4) is 0 Å². The standard InChI is InChI=1S/C17H26BNO3/c1-12-14(18-21-16(2,3)17(4,5)22-18)6-7-15(19-12)13-8-10-20-11-9-13/h6-7,13H,8-11H2,1-5H3. The number of ether oxygens (including phenoxy) is 1. The molecule has 0 aliphatic carbocycles. The maximum absolute atomic E-state index is 6.13. The molecule has 1 aromatic heterocycles. The monoisotopic (exact) mass is 303 g/mol. The molecule has 0 unspecified atom stereocenters. The second kappa shape index (κ2) is 5.62. The van der Waals surface area contributed by atoms with Crippen LogP contribution < -0.4 is 5.46 Å². The van der Waals surface area contributed by atoms with E-state index < -0.39 is 0 Å². The molecular formula is C17H26BNO3. The summed E-state index contributed by atoms with van der Waals surface area (Å²) in [4.78, 5) is 4.82. The van der Waals surface area contributed by atoms with Gasteiger partial charge in [0, 0.05) is 36.0 Å². The minimum absolute atomic E-state index is 0.316. The predicted octanol–water partition coefficient (Wildman–Crippen LogP) is 2.58. The lowest BCUT2D eigenvalue weighted by molar-refractivity contribution is 0.00578. The van der Waals surface area contributed by atoms with E-state index in [2.05, 4.69) is 39.8 Å². The molecule has 22 heavy (non-hydrogen) atoms. The molecule has 5 heteroatoms. The number of nitrogens with zero attached hydrogens (tertiary/aromatic N) is 1. The van der Waals surface area contributed by atoms with Gasteiger partial charge in [-0.1, -0.05) is 6.07 Å². The molecule has 3 heterocycles. The first-order valence-electron chi connectivity index (χ1n) is 8.21. The van der Waals surface area contributed by atoms with E-state index in [0.29, 0.717) is 5.92 Å². The lowest BCUT2D eigenvalue weighted by Crippen LogP contribution is -2.41. The van der Waals surface area contributed by atoms with Crippen LogP contribution in [-0.2, 0) is 14.0 Å². The Hall–Kier alpha value is -0.905. The van der Waals surface area contributed by atoms with Gasteiger partial charge in [0.1, 0.15) is 0 Å². The smallest absolute Gasteiger partial charge is 0.399 e. The van der Waals surface area contributed by atoms with E-state index in [1.165, 1.54) is 5.69 Å². The molecule has 1 aromatic rings. The highest BCUT2D eigenvalue weighted by atomic mass is 16.7. The van der Waals surface area contributed by atoms with Crippen LogP contribution in [0.1, 0.15) is 57.8 Å². The topological polar surface area (TPSA) is 40.6 Å². The minimum Gasteiger partial charge on any atom is -0.399 e. The Morgan fingerprint density at radius 2 is 1.64 bits per heavy atom. The molecule has 0 bridgehead atoms. The summed E-state index contributed by atoms with van der Waals surface area (Å²) in [5.74, 6) is 0.514. The first-order valence-corrected chi connectivity index (χ1v) is 8.21. The van der Waals surface area contributed by atoms with Crippen LogP contribution in [0, 0.1) is 6.92 Å². The molecule has 0 amide bonds. The molecule has 4 nitrogen and oxygen atoms in total. The Bertz CT molecular complexity index is 537. The maximum Gasteiger partial charge on any atom is 0.496 e. The number of pyridine rings is 1. The fourth-order valence-electron chi connectivity index (χ4n) is 3.03. The van der Waals surface area contributed by atoms with Crippen molar-refractivity contribution in [1.29, 1.82) is 0 Å². The summed E-state index contributed by atoms with van der Waals surface area (Å²) >= 11 is 0. The lowest BCUT2D eigenvalue weighted by atomic mass is 9.77. The van der Waals surface area contributed by atoms with Gasteiger partial charge in [-0.3, -0.25) is 4.98 Å². The highest BCUT2D eigenvalue weighted by Crippen LogP contribution is 2.36. The van der Waals surface area contributed by atoms with Crippen molar-refractivity contribution in [2.24, 2.45) is 0 Å². The Balaban J connectivity index is 1.81. The summed E-state index contributed by atoms with van der Waals surface area (Å²) in [5, 5.41) is 0. The fraction of sp³-hybridized carbons (Fsp3) is 0.706. The molecule has 2 aliphatic rings. The molecule has 0 atom stereocenters. The van der Waals surface area contributed by atoms with Crippen molar-refractivity contribution in [2.75, 3.05) is 13.2 Å². The van der Waals surface area contributed by atoms with Gasteiger partial charge in [-0.05, 0) is 53.5 Å². The second-order valence-electron chi connectivity index (χ2n) is 7.39. The van der Waals surface area contributed by atoms with Crippen LogP contribution in [0.25, 0.3) is 0 Å². The molecule has 2 fully saturated rings. The van der Waals surface area contributed by atoms with Crippen molar-refractivity contribution in [2.45, 2.75) is 64.6 Å². The molecule has 0 spiro atoms. The Morgan fingerprint density at radius 3 is 2.18 bits per heavy atom. The van der Waals surface area contributed by atoms with Crippen molar-refractivity contribution in [1.82, 2.24) is 4.98 Å². The van der Waals surface area contributed by atoms with Crippen LogP contribution in [-0.4, -0.2) is 36.5 Å². The third-order valence-corrected chi connectivity index (χ3v) is 5.29. The van der Waals surface area contributed by atoms with Crippen molar-refractivity contribution >= 4 is 12.6 Å². The summed E-state index contributed by atoms with van der Waals surface area (Å²) in [6.07, 6.45) is 2.12. The quantitative estimate of drug-likeness (QED) is 0.787. The van der Waals surface area contributed by atoms with Gasteiger partial charge in [-0.15, -0.1) is 0 Å². The van der Waals surface area contributed by atoms with E-state index in [0.717, 1.165) is 37.2 Å². The SMILES string of the molecule is Cc1nc(C2CCOCC2)ccc1B1OC(C)(C)C(C)(C)O1. The number of hydrogen-bond acceptors (Lipinski definition) is 4. The van der Waals surface area contributed by atoms with Gasteiger partial charge in [-0.25, -0.2) is 0 Å². The highest BCUT2D eigenvalue weighted by Gasteiger charge is 2.52. The molecule has 2 aliphatic heterocycles. The van der Waals surface area contributed by atoms with Crippen LogP contribution in [0.4, 0.5) is 0 Å². The van der Waals surface area contributed by atoms with Crippen molar-refractivity contribution in [3.8, 4) is 0 Å². The van der Waals surface area contributed by atoms with Crippen molar-refractivity contribution in [3.63, 3.8) is 0 Å². The van der Waals surface area contributed by atoms with Crippen LogP contribution in [0.2, 0.25) is 0 Å². The Kier molecular flexibility index (Phi) is 4.08. The van der Waals surface area contributed by atoms with E-state index >= 15 is 0 Å². The van der Waals surface area contributed by atoms with Gasteiger partial charge < -0.3 is 14.0 Å². The summed E-state index contributed by atoms with van der Waals surface area (Å²) in [7, 11) is -0.332. The van der Waals surface area contributed by atoms with E-state index in [4.69, 9.17) is 19.0 Å². The normalized spacial score (nSPS) is 24.7. The zero-order chi connectivity index (χ0) is 16.0. The average Bonchev–Trinajstić information content (AvgIpc) is 2.68. The Morgan fingerprint density at radius 1 is 1.05 bits per heavy atom. The molecule has 0 saturated carbocycles. The molecule has 0 aromatic carbocycles. The van der Waals surface area contributed by atoms with Crippen LogP contribution in [0.15, 0.2) is 12.1 Å². The Labute approximate surface area is 133 Å². The third-order valence-electron chi connectivity index (χ3n) is 5.29. The first-order chi connectivity index (χ1) is 10.3. The minimum atomic E-state index is -0.332. The average molecular weight is 303 g/mol. The van der Waals surface area contributed by atoms with Crippen LogP contribution in [0.5, 0.6) is 0 Å². The number of aromatic nitrogens is 1. The van der Waals surface area contributed by atoms with E-state index in [1.807, 2.05) is 6.92 Å². The molecular weight excluding hydrogens is 277 g/mol. The second-order valence-corrected chi connectivity index (χ2v) is 7.39. The third kappa shape index (κ3) is 2.82. The summed E-state index contributed by atoms with van der Waals surface area (Å²) in [6.45, 7) is 12.0. The summed E-state index contributed by atoms with van der Waals surface area (Å²) in [6, 6.07) is 4.25. The van der Waals surface area contributed by atoms with Gasteiger partial charge in [0.2, 0.25) is 0 Å². The van der Waals surface area contributed by atoms with E-state index in [-0.39, 0.29) is 18.3 Å². The van der Waals surface area contributed by atoms with Gasteiger partial charge in [0.05, 0.1) is 11.2 Å². The number of aryl methyl sites for hydroxylation is 1. The lowest BCUT2D eigenvalue weighted by Gasteiger charge is -2.32.